The Morgan fingerprint density at radius 3 is 2.79 bits per heavy atom. The number of urea groups is 1. The van der Waals surface area contributed by atoms with Gasteiger partial charge in [0.15, 0.2) is 0 Å². The van der Waals surface area contributed by atoms with Crippen LogP contribution in [0.3, 0.4) is 0 Å². The number of carbonyl (C=O) groups is 1. The van der Waals surface area contributed by atoms with Crippen LogP contribution in [-0.4, -0.2) is 17.2 Å². The molecule has 2 amide bonds. The number of carbonyl (C=O) groups excluding carboxylic acids is 1. The molecular weight excluding hydrogens is 240 g/mol. The van der Waals surface area contributed by atoms with Crippen LogP contribution < -0.4 is 10.6 Å². The molecule has 1 aromatic carbocycles. The Morgan fingerprint density at radius 1 is 1.42 bits per heavy atom. The molecule has 1 saturated carbocycles. The van der Waals surface area contributed by atoms with Crippen molar-refractivity contribution in [3.05, 3.63) is 29.8 Å². The van der Waals surface area contributed by atoms with Crippen LogP contribution in [0.4, 0.5) is 10.5 Å². The van der Waals surface area contributed by atoms with Gasteiger partial charge in [0.25, 0.3) is 0 Å². The van der Waals surface area contributed by atoms with E-state index >= 15 is 0 Å². The smallest absolute Gasteiger partial charge is 0.319 e. The first-order valence-corrected chi connectivity index (χ1v) is 6.90. The topological polar surface area (TPSA) is 61.4 Å². The van der Waals surface area contributed by atoms with E-state index in [1.807, 2.05) is 25.1 Å². The van der Waals surface area contributed by atoms with E-state index in [0.717, 1.165) is 17.9 Å². The number of rotatable bonds is 5. The third kappa shape index (κ3) is 4.56. The second-order valence-electron chi connectivity index (χ2n) is 5.48. The summed E-state index contributed by atoms with van der Waals surface area (Å²) in [7, 11) is 0. The quantitative estimate of drug-likeness (QED) is 0.763. The maximum absolute atomic E-state index is 11.8. The number of hydrogen-bond donors (Lipinski definition) is 3. The second-order valence-corrected chi connectivity index (χ2v) is 5.48. The zero-order valence-corrected chi connectivity index (χ0v) is 11.5. The Hall–Kier alpha value is -1.55. The van der Waals surface area contributed by atoms with Gasteiger partial charge >= 0.3 is 6.03 Å². The minimum Gasteiger partial charge on any atom is -0.389 e. The van der Waals surface area contributed by atoms with E-state index in [0.29, 0.717) is 5.69 Å². The minimum absolute atomic E-state index is 0.184. The van der Waals surface area contributed by atoms with E-state index in [9.17, 15) is 9.90 Å². The van der Waals surface area contributed by atoms with Gasteiger partial charge in [0, 0.05) is 11.7 Å². The van der Waals surface area contributed by atoms with Crippen LogP contribution in [0.2, 0.25) is 0 Å². The van der Waals surface area contributed by atoms with E-state index in [1.165, 1.54) is 12.8 Å². The molecule has 0 bridgehead atoms. The lowest BCUT2D eigenvalue weighted by atomic mass is 10.1. The van der Waals surface area contributed by atoms with Crippen LogP contribution in [0.1, 0.15) is 44.8 Å². The zero-order chi connectivity index (χ0) is 13.8. The zero-order valence-electron chi connectivity index (χ0n) is 11.5. The molecule has 4 heteroatoms. The summed E-state index contributed by atoms with van der Waals surface area (Å²) in [5.41, 5.74) is 1.50. The first-order valence-electron chi connectivity index (χ1n) is 6.90. The maximum Gasteiger partial charge on any atom is 0.319 e. The van der Waals surface area contributed by atoms with E-state index in [1.54, 1.807) is 13.0 Å². The van der Waals surface area contributed by atoms with Crippen LogP contribution >= 0.6 is 0 Å². The average molecular weight is 262 g/mol. The fraction of sp³-hybridized carbons (Fsp3) is 0.533. The van der Waals surface area contributed by atoms with Gasteiger partial charge in [0.2, 0.25) is 0 Å². The summed E-state index contributed by atoms with van der Waals surface area (Å²) >= 11 is 0. The molecule has 0 radical (unpaired) electrons. The van der Waals surface area contributed by atoms with Gasteiger partial charge in [-0.15, -0.1) is 0 Å². The highest BCUT2D eigenvalue weighted by molar-refractivity contribution is 5.89. The van der Waals surface area contributed by atoms with Crippen LogP contribution in [-0.2, 0) is 0 Å². The molecule has 0 saturated heterocycles. The fourth-order valence-electron chi connectivity index (χ4n) is 2.18. The standard InChI is InChI=1S/C15H22N2O2/c1-10(8-12-6-7-12)16-15(19)17-14-5-3-4-13(9-14)11(2)18/h3-5,9-12,18H,6-8H2,1-2H3,(H2,16,17,19). The van der Waals surface area contributed by atoms with Gasteiger partial charge in [-0.3, -0.25) is 0 Å². The van der Waals surface area contributed by atoms with E-state index < -0.39 is 6.10 Å². The molecule has 2 atom stereocenters. The van der Waals surface area contributed by atoms with Crippen LogP contribution in [0.5, 0.6) is 0 Å². The van der Waals surface area contributed by atoms with Crippen molar-refractivity contribution in [1.82, 2.24) is 5.32 Å². The third-order valence-electron chi connectivity index (χ3n) is 3.39. The van der Waals surface area contributed by atoms with Crippen molar-refractivity contribution in [2.75, 3.05) is 5.32 Å². The summed E-state index contributed by atoms with van der Waals surface area (Å²) in [4.78, 5) is 11.8. The molecule has 0 heterocycles. The van der Waals surface area contributed by atoms with Crippen LogP contribution in [0.15, 0.2) is 24.3 Å². The van der Waals surface area contributed by atoms with Crippen molar-refractivity contribution in [3.63, 3.8) is 0 Å². The Kier molecular flexibility index (Phi) is 4.43. The normalized spacial score (nSPS) is 17.6. The number of benzene rings is 1. The summed E-state index contributed by atoms with van der Waals surface area (Å²) in [6, 6.07) is 7.28. The lowest BCUT2D eigenvalue weighted by Crippen LogP contribution is -2.36. The highest BCUT2D eigenvalue weighted by atomic mass is 16.3. The highest BCUT2D eigenvalue weighted by Gasteiger charge is 2.24. The number of hydrogen-bond acceptors (Lipinski definition) is 2. The van der Waals surface area contributed by atoms with E-state index in [-0.39, 0.29) is 12.1 Å². The molecular formula is C15H22N2O2. The molecule has 2 rings (SSSR count). The molecule has 1 aromatic rings. The molecule has 2 unspecified atom stereocenters. The van der Waals surface area contributed by atoms with Crippen LogP contribution in [0, 0.1) is 5.92 Å². The van der Waals surface area contributed by atoms with Crippen molar-refractivity contribution in [2.45, 2.75) is 45.3 Å². The Morgan fingerprint density at radius 2 is 2.16 bits per heavy atom. The fourth-order valence-corrected chi connectivity index (χ4v) is 2.18. The van der Waals surface area contributed by atoms with Gasteiger partial charge in [0.1, 0.15) is 0 Å². The number of aliphatic hydroxyl groups excluding tert-OH is 1. The largest absolute Gasteiger partial charge is 0.389 e. The van der Waals surface area contributed by atoms with Crippen molar-refractivity contribution >= 4 is 11.7 Å². The Balaban J connectivity index is 1.85. The lowest BCUT2D eigenvalue weighted by molar-refractivity contribution is 0.199. The molecule has 3 N–H and O–H groups in total. The molecule has 1 aliphatic rings. The molecule has 1 aliphatic carbocycles. The monoisotopic (exact) mass is 262 g/mol. The third-order valence-corrected chi connectivity index (χ3v) is 3.39. The maximum atomic E-state index is 11.8. The number of anilines is 1. The van der Waals surface area contributed by atoms with Crippen molar-refractivity contribution in [2.24, 2.45) is 5.92 Å². The molecule has 0 spiro atoms. The summed E-state index contributed by atoms with van der Waals surface area (Å²) in [5, 5.41) is 15.2. The van der Waals surface area contributed by atoms with Gasteiger partial charge in [-0.25, -0.2) is 4.79 Å². The first kappa shape index (κ1) is 13.9. The Bertz CT molecular complexity index is 442. The van der Waals surface area contributed by atoms with Gasteiger partial charge < -0.3 is 15.7 Å². The molecule has 0 aliphatic heterocycles. The molecule has 0 aromatic heterocycles. The second kappa shape index (κ2) is 6.06. The van der Waals surface area contributed by atoms with Crippen molar-refractivity contribution in [1.29, 1.82) is 0 Å². The van der Waals surface area contributed by atoms with E-state index in [4.69, 9.17) is 0 Å². The van der Waals surface area contributed by atoms with Gasteiger partial charge in [-0.2, -0.15) is 0 Å². The lowest BCUT2D eigenvalue weighted by Gasteiger charge is -2.15. The molecule has 104 valence electrons. The predicted octanol–water partition coefficient (Wildman–Crippen LogP) is 3.05. The van der Waals surface area contributed by atoms with Gasteiger partial charge in [0.05, 0.1) is 6.10 Å². The number of amides is 2. The SMILES string of the molecule is CC(CC1CC1)NC(=O)Nc1cccc(C(C)O)c1. The summed E-state index contributed by atoms with van der Waals surface area (Å²) in [6.07, 6.45) is 3.12. The number of aliphatic hydroxyl groups is 1. The highest BCUT2D eigenvalue weighted by Crippen LogP contribution is 2.33. The van der Waals surface area contributed by atoms with Crippen LogP contribution in [0.25, 0.3) is 0 Å². The first-order chi connectivity index (χ1) is 9.04. The number of nitrogens with one attached hydrogen (secondary N) is 2. The van der Waals surface area contributed by atoms with Crippen molar-refractivity contribution < 1.29 is 9.90 Å². The predicted molar refractivity (Wildman–Crippen MR) is 76.0 cm³/mol. The summed E-state index contributed by atoms with van der Waals surface area (Å²) < 4.78 is 0. The van der Waals surface area contributed by atoms with Gasteiger partial charge in [-0.1, -0.05) is 25.0 Å². The molecule has 1 fully saturated rings. The summed E-state index contributed by atoms with van der Waals surface area (Å²) in [5.74, 6) is 0.800. The van der Waals surface area contributed by atoms with Gasteiger partial charge in [-0.05, 0) is 43.9 Å². The van der Waals surface area contributed by atoms with E-state index in [2.05, 4.69) is 10.6 Å². The minimum atomic E-state index is -0.529. The summed E-state index contributed by atoms with van der Waals surface area (Å²) in [6.45, 7) is 3.74. The Labute approximate surface area is 114 Å². The average Bonchev–Trinajstić information content (AvgIpc) is 3.12. The molecule has 19 heavy (non-hydrogen) atoms. The van der Waals surface area contributed by atoms with Crippen molar-refractivity contribution in [3.8, 4) is 0 Å². The molecule has 4 nitrogen and oxygen atoms in total.